The van der Waals surface area contributed by atoms with E-state index in [1.165, 1.54) is 18.4 Å². The van der Waals surface area contributed by atoms with Gasteiger partial charge in [-0.1, -0.05) is 18.2 Å². The molecule has 1 fully saturated rings. The van der Waals surface area contributed by atoms with Gasteiger partial charge in [-0.25, -0.2) is 0 Å². The largest absolute Gasteiger partial charge is 0.487 e. The van der Waals surface area contributed by atoms with Crippen molar-refractivity contribution in [2.24, 2.45) is 12.0 Å². The van der Waals surface area contributed by atoms with E-state index in [2.05, 4.69) is 44.0 Å². The molecule has 27 heavy (non-hydrogen) atoms. The molecule has 1 spiro atoms. The molecule has 2 aliphatic rings. The second kappa shape index (κ2) is 7.21. The Labute approximate surface area is 160 Å². The number of aryl methyl sites for hydroxylation is 1. The highest BCUT2D eigenvalue weighted by atomic mass is 16.5. The standard InChI is InChI=1S/C20H28N6O/c1-14-24-25-18(26(14)3)13-22-19(21-2)23-16-12-20(10-6-7-11-20)27-17-9-5-4-8-15(16)17/h4-5,8-9,16H,6-7,10-13H2,1-3H3,(H2,21,22,23). The monoisotopic (exact) mass is 368 g/mol. The molecule has 2 aromatic rings. The van der Waals surface area contributed by atoms with Crippen molar-refractivity contribution in [2.45, 2.75) is 57.2 Å². The Morgan fingerprint density at radius 1 is 1.30 bits per heavy atom. The second-order valence-electron chi connectivity index (χ2n) is 7.58. The number of nitrogens with one attached hydrogen (secondary N) is 2. The normalized spacial score (nSPS) is 21.0. The van der Waals surface area contributed by atoms with Crippen LogP contribution in [0.4, 0.5) is 0 Å². The molecule has 7 heteroatoms. The van der Waals surface area contributed by atoms with Crippen LogP contribution in [0.5, 0.6) is 5.75 Å². The van der Waals surface area contributed by atoms with E-state index in [1.54, 1.807) is 7.05 Å². The minimum Gasteiger partial charge on any atom is -0.487 e. The number of guanidine groups is 1. The van der Waals surface area contributed by atoms with Crippen LogP contribution in [0.3, 0.4) is 0 Å². The maximum atomic E-state index is 6.45. The second-order valence-corrected chi connectivity index (χ2v) is 7.58. The summed E-state index contributed by atoms with van der Waals surface area (Å²) in [6.07, 6.45) is 5.71. The zero-order valence-corrected chi connectivity index (χ0v) is 16.3. The smallest absolute Gasteiger partial charge is 0.191 e. The Hall–Kier alpha value is -2.57. The molecule has 1 aliphatic heterocycles. The molecule has 1 saturated carbocycles. The lowest BCUT2D eigenvalue weighted by Gasteiger charge is -2.40. The van der Waals surface area contributed by atoms with Crippen LogP contribution in [0, 0.1) is 6.92 Å². The number of aliphatic imine (C=N–C) groups is 1. The first-order chi connectivity index (χ1) is 13.1. The Morgan fingerprint density at radius 3 is 2.78 bits per heavy atom. The predicted molar refractivity (Wildman–Crippen MR) is 105 cm³/mol. The van der Waals surface area contributed by atoms with Gasteiger partial charge >= 0.3 is 0 Å². The maximum absolute atomic E-state index is 6.45. The van der Waals surface area contributed by atoms with Gasteiger partial charge in [0.2, 0.25) is 0 Å². The molecule has 4 rings (SSSR count). The number of benzene rings is 1. The molecule has 0 bridgehead atoms. The van der Waals surface area contributed by atoms with Crippen LogP contribution >= 0.6 is 0 Å². The summed E-state index contributed by atoms with van der Waals surface area (Å²) in [5, 5.41) is 15.3. The summed E-state index contributed by atoms with van der Waals surface area (Å²) in [4.78, 5) is 4.42. The Balaban J connectivity index is 1.50. The van der Waals surface area contributed by atoms with E-state index >= 15 is 0 Å². The van der Waals surface area contributed by atoms with Crippen LogP contribution < -0.4 is 15.4 Å². The molecule has 1 unspecified atom stereocenters. The van der Waals surface area contributed by atoms with Crippen LogP contribution in [-0.4, -0.2) is 33.4 Å². The van der Waals surface area contributed by atoms with Gasteiger partial charge in [0, 0.05) is 26.1 Å². The molecular weight excluding hydrogens is 340 g/mol. The summed E-state index contributed by atoms with van der Waals surface area (Å²) in [5.41, 5.74) is 1.17. The van der Waals surface area contributed by atoms with Crippen LogP contribution in [0.15, 0.2) is 29.3 Å². The van der Waals surface area contributed by atoms with Crippen molar-refractivity contribution in [3.8, 4) is 5.75 Å². The lowest BCUT2D eigenvalue weighted by atomic mass is 9.86. The van der Waals surface area contributed by atoms with Crippen LogP contribution in [-0.2, 0) is 13.6 Å². The molecule has 1 aliphatic carbocycles. The summed E-state index contributed by atoms with van der Waals surface area (Å²) in [6, 6.07) is 8.53. The molecule has 2 N–H and O–H groups in total. The zero-order chi connectivity index (χ0) is 18.9. The first-order valence-electron chi connectivity index (χ1n) is 9.70. The summed E-state index contributed by atoms with van der Waals surface area (Å²) >= 11 is 0. The van der Waals surface area contributed by atoms with Crippen molar-refractivity contribution < 1.29 is 4.74 Å². The summed E-state index contributed by atoms with van der Waals surface area (Å²) in [6.45, 7) is 2.52. The summed E-state index contributed by atoms with van der Waals surface area (Å²) < 4.78 is 8.44. The first-order valence-corrected chi connectivity index (χ1v) is 9.70. The third-order valence-electron chi connectivity index (χ3n) is 5.84. The van der Waals surface area contributed by atoms with Gasteiger partial charge < -0.3 is 19.9 Å². The van der Waals surface area contributed by atoms with Crippen LogP contribution in [0.25, 0.3) is 0 Å². The fourth-order valence-electron chi connectivity index (χ4n) is 4.20. The van der Waals surface area contributed by atoms with Crippen molar-refractivity contribution >= 4 is 5.96 Å². The zero-order valence-electron chi connectivity index (χ0n) is 16.3. The van der Waals surface area contributed by atoms with E-state index in [1.807, 2.05) is 24.6 Å². The van der Waals surface area contributed by atoms with Gasteiger partial charge in [-0.05, 0) is 38.7 Å². The van der Waals surface area contributed by atoms with Crippen molar-refractivity contribution in [1.82, 2.24) is 25.4 Å². The first kappa shape index (κ1) is 17.8. The van der Waals surface area contributed by atoms with E-state index in [0.717, 1.165) is 42.6 Å². The number of rotatable bonds is 3. The highest BCUT2D eigenvalue weighted by molar-refractivity contribution is 5.80. The topological polar surface area (TPSA) is 76.4 Å². The Bertz CT molecular complexity index is 837. The Kier molecular flexibility index (Phi) is 4.76. The number of nitrogens with zero attached hydrogens (tertiary/aromatic N) is 4. The molecule has 1 aromatic heterocycles. The fraction of sp³-hybridized carbons (Fsp3) is 0.550. The lowest BCUT2D eigenvalue weighted by Crippen LogP contribution is -2.46. The van der Waals surface area contributed by atoms with Crippen molar-refractivity contribution in [3.63, 3.8) is 0 Å². The minimum absolute atomic E-state index is 0.0361. The summed E-state index contributed by atoms with van der Waals surface area (Å²) in [7, 11) is 3.77. The van der Waals surface area contributed by atoms with Gasteiger partial charge in [0.25, 0.3) is 0 Å². The number of ether oxygens (including phenoxy) is 1. The third-order valence-corrected chi connectivity index (χ3v) is 5.84. The number of hydrogen-bond donors (Lipinski definition) is 2. The third kappa shape index (κ3) is 3.50. The molecule has 2 heterocycles. The fourth-order valence-corrected chi connectivity index (χ4v) is 4.20. The molecule has 0 saturated heterocycles. The molecule has 0 radical (unpaired) electrons. The van der Waals surface area contributed by atoms with Gasteiger partial charge in [0.1, 0.15) is 17.2 Å². The minimum atomic E-state index is -0.0361. The molecule has 0 amide bonds. The van der Waals surface area contributed by atoms with E-state index in [4.69, 9.17) is 4.74 Å². The SMILES string of the molecule is CN=C(NCc1nnc(C)n1C)NC1CC2(CCCC2)Oc2ccccc21. The Morgan fingerprint density at radius 2 is 2.07 bits per heavy atom. The number of hydrogen-bond acceptors (Lipinski definition) is 4. The van der Waals surface area contributed by atoms with Crippen LogP contribution in [0.1, 0.15) is 55.4 Å². The summed E-state index contributed by atoms with van der Waals surface area (Å²) in [5.74, 6) is 3.56. The number of aromatic nitrogens is 3. The number of fused-ring (bicyclic) bond motifs is 1. The maximum Gasteiger partial charge on any atom is 0.191 e. The number of para-hydroxylation sites is 1. The quantitative estimate of drug-likeness (QED) is 0.643. The van der Waals surface area contributed by atoms with E-state index in [9.17, 15) is 0 Å². The van der Waals surface area contributed by atoms with E-state index in [0.29, 0.717) is 6.54 Å². The predicted octanol–water partition coefficient (Wildman–Crippen LogP) is 2.63. The highest BCUT2D eigenvalue weighted by Crippen LogP contribution is 2.46. The van der Waals surface area contributed by atoms with Gasteiger partial charge in [0.05, 0.1) is 12.6 Å². The highest BCUT2D eigenvalue weighted by Gasteiger charge is 2.43. The average Bonchev–Trinajstić information content (AvgIpc) is 3.26. The molecule has 7 nitrogen and oxygen atoms in total. The van der Waals surface area contributed by atoms with Gasteiger partial charge in [-0.3, -0.25) is 4.99 Å². The van der Waals surface area contributed by atoms with Crippen molar-refractivity contribution in [1.29, 1.82) is 0 Å². The van der Waals surface area contributed by atoms with Crippen molar-refractivity contribution in [3.05, 3.63) is 41.5 Å². The van der Waals surface area contributed by atoms with Gasteiger partial charge in [0.15, 0.2) is 11.8 Å². The van der Waals surface area contributed by atoms with Gasteiger partial charge in [-0.2, -0.15) is 0 Å². The van der Waals surface area contributed by atoms with E-state index < -0.39 is 0 Å². The molecule has 1 atom stereocenters. The van der Waals surface area contributed by atoms with Crippen molar-refractivity contribution in [2.75, 3.05) is 7.05 Å². The molecule has 144 valence electrons. The lowest BCUT2D eigenvalue weighted by molar-refractivity contribution is 0.0396. The molecule has 1 aromatic carbocycles. The average molecular weight is 368 g/mol. The molecular formula is C20H28N6O. The van der Waals surface area contributed by atoms with Crippen LogP contribution in [0.2, 0.25) is 0 Å². The van der Waals surface area contributed by atoms with Gasteiger partial charge in [-0.15, -0.1) is 10.2 Å². The van der Waals surface area contributed by atoms with E-state index in [-0.39, 0.29) is 11.6 Å².